The Hall–Kier alpha value is -0.940. The molecular weight excluding hydrogens is 254 g/mol. The minimum Gasteiger partial charge on any atom is -0.389 e. The highest BCUT2D eigenvalue weighted by atomic mass is 16.7. The number of rotatable bonds is 6. The van der Waals surface area contributed by atoms with E-state index in [-0.39, 0.29) is 12.3 Å². The molecular formula is C16H25NO3. The summed E-state index contributed by atoms with van der Waals surface area (Å²) >= 11 is 0. The Kier molecular flexibility index (Phi) is 5.98. The number of ether oxygens (including phenoxy) is 2. The molecule has 20 heavy (non-hydrogen) atoms. The van der Waals surface area contributed by atoms with Crippen LogP contribution in [0.3, 0.4) is 0 Å². The molecule has 0 radical (unpaired) electrons. The van der Waals surface area contributed by atoms with Gasteiger partial charge in [-0.2, -0.15) is 0 Å². The van der Waals surface area contributed by atoms with Crippen LogP contribution >= 0.6 is 0 Å². The van der Waals surface area contributed by atoms with Gasteiger partial charge in [0.1, 0.15) is 0 Å². The van der Waals surface area contributed by atoms with E-state index in [1.807, 2.05) is 30.3 Å². The summed E-state index contributed by atoms with van der Waals surface area (Å²) in [7, 11) is 0. The maximum atomic E-state index is 10.1. The van der Waals surface area contributed by atoms with E-state index in [4.69, 9.17) is 9.47 Å². The zero-order chi connectivity index (χ0) is 14.4. The van der Waals surface area contributed by atoms with Gasteiger partial charge in [0.05, 0.1) is 19.3 Å². The van der Waals surface area contributed by atoms with Crippen molar-refractivity contribution < 1.29 is 14.6 Å². The second kappa shape index (κ2) is 7.74. The van der Waals surface area contributed by atoms with Gasteiger partial charge in [0.25, 0.3) is 0 Å². The van der Waals surface area contributed by atoms with E-state index >= 15 is 0 Å². The largest absolute Gasteiger partial charge is 0.389 e. The van der Waals surface area contributed by atoms with Crippen molar-refractivity contribution in [3.63, 3.8) is 0 Å². The summed E-state index contributed by atoms with van der Waals surface area (Å²) in [6, 6.07) is 10.2. The van der Waals surface area contributed by atoms with Crippen molar-refractivity contribution in [2.24, 2.45) is 0 Å². The number of likely N-dealkylation sites (N-methyl/N-ethyl adjacent to an activating group) is 1. The molecule has 2 rings (SSSR count). The molecule has 0 spiro atoms. The van der Waals surface area contributed by atoms with Crippen LogP contribution < -0.4 is 0 Å². The monoisotopic (exact) mass is 279 g/mol. The fourth-order valence-corrected chi connectivity index (χ4v) is 2.70. The molecule has 0 aliphatic carbocycles. The third-order valence-corrected chi connectivity index (χ3v) is 3.89. The van der Waals surface area contributed by atoms with E-state index in [0.717, 1.165) is 25.1 Å². The Labute approximate surface area is 121 Å². The Morgan fingerprint density at radius 3 is 2.60 bits per heavy atom. The second-order valence-electron chi connectivity index (χ2n) is 5.15. The Bertz CT molecular complexity index is 381. The second-order valence-corrected chi connectivity index (χ2v) is 5.15. The van der Waals surface area contributed by atoms with Gasteiger partial charge in [0, 0.05) is 12.5 Å². The summed E-state index contributed by atoms with van der Waals surface area (Å²) in [6.45, 7) is 7.00. The van der Waals surface area contributed by atoms with Crippen LogP contribution in [0.25, 0.3) is 0 Å². The van der Waals surface area contributed by atoms with Crippen LogP contribution in [0, 0.1) is 0 Å². The van der Waals surface area contributed by atoms with Gasteiger partial charge in [-0.1, -0.05) is 44.2 Å². The van der Waals surface area contributed by atoms with Crippen LogP contribution in [-0.2, 0) is 16.1 Å². The lowest BCUT2D eigenvalue weighted by molar-refractivity contribution is -0.211. The molecule has 1 heterocycles. The number of nitrogens with zero attached hydrogens (tertiary/aromatic N) is 1. The summed E-state index contributed by atoms with van der Waals surface area (Å²) in [6.07, 6.45) is 0.0612. The topological polar surface area (TPSA) is 41.9 Å². The molecule has 0 amide bonds. The lowest BCUT2D eigenvalue weighted by Crippen LogP contribution is -2.51. The van der Waals surface area contributed by atoms with Gasteiger partial charge < -0.3 is 14.6 Å². The molecule has 1 aromatic rings. The number of aliphatic hydroxyl groups is 1. The van der Waals surface area contributed by atoms with Crippen LogP contribution in [0.4, 0.5) is 0 Å². The van der Waals surface area contributed by atoms with E-state index in [1.165, 1.54) is 0 Å². The Balaban J connectivity index is 1.87. The third kappa shape index (κ3) is 4.03. The van der Waals surface area contributed by atoms with Gasteiger partial charge >= 0.3 is 0 Å². The maximum Gasteiger partial charge on any atom is 0.159 e. The SMILES string of the molecule is CCN(CC)[C@H]1C[C@H](OCc2ccccc2)OC[C@@H]1O. The Morgan fingerprint density at radius 1 is 1.25 bits per heavy atom. The average Bonchev–Trinajstić information content (AvgIpc) is 2.50. The molecule has 4 heteroatoms. The molecule has 0 unspecified atom stereocenters. The standard InChI is InChI=1S/C16H25NO3/c1-3-17(4-2)14-10-16(20-12-15(14)18)19-11-13-8-6-5-7-9-13/h5-9,14-16,18H,3-4,10-12H2,1-2H3/t14-,15-,16+/m0/s1. The van der Waals surface area contributed by atoms with Crippen molar-refractivity contribution in [3.05, 3.63) is 35.9 Å². The summed E-state index contributed by atoms with van der Waals surface area (Å²) in [4.78, 5) is 2.27. The maximum absolute atomic E-state index is 10.1. The van der Waals surface area contributed by atoms with E-state index in [0.29, 0.717) is 13.2 Å². The fourth-order valence-electron chi connectivity index (χ4n) is 2.70. The summed E-state index contributed by atoms with van der Waals surface area (Å²) in [5.74, 6) is 0. The van der Waals surface area contributed by atoms with Gasteiger partial charge in [-0.25, -0.2) is 0 Å². The van der Waals surface area contributed by atoms with E-state index in [9.17, 15) is 5.11 Å². The van der Waals surface area contributed by atoms with Gasteiger partial charge in [0.2, 0.25) is 0 Å². The molecule has 1 aromatic carbocycles. The molecule has 1 saturated heterocycles. The Morgan fingerprint density at radius 2 is 1.95 bits per heavy atom. The van der Waals surface area contributed by atoms with Gasteiger partial charge in [-0.05, 0) is 18.7 Å². The quantitative estimate of drug-likeness (QED) is 0.865. The molecule has 1 N–H and O–H groups in total. The van der Waals surface area contributed by atoms with E-state index in [1.54, 1.807) is 0 Å². The minimum absolute atomic E-state index is 0.125. The van der Waals surface area contributed by atoms with E-state index < -0.39 is 6.10 Å². The molecule has 112 valence electrons. The molecule has 4 nitrogen and oxygen atoms in total. The predicted molar refractivity (Wildman–Crippen MR) is 78.3 cm³/mol. The summed E-state index contributed by atoms with van der Waals surface area (Å²) < 4.78 is 11.4. The van der Waals surface area contributed by atoms with Crippen molar-refractivity contribution in [3.8, 4) is 0 Å². The van der Waals surface area contributed by atoms with Crippen molar-refractivity contribution >= 4 is 0 Å². The number of aliphatic hydroxyl groups excluding tert-OH is 1. The zero-order valence-electron chi connectivity index (χ0n) is 12.4. The highest BCUT2D eigenvalue weighted by Gasteiger charge is 2.33. The number of hydrogen-bond acceptors (Lipinski definition) is 4. The summed E-state index contributed by atoms with van der Waals surface area (Å²) in [5.41, 5.74) is 1.14. The van der Waals surface area contributed by atoms with Gasteiger partial charge in [0.15, 0.2) is 6.29 Å². The fraction of sp³-hybridized carbons (Fsp3) is 0.625. The first-order valence-corrected chi connectivity index (χ1v) is 7.43. The van der Waals surface area contributed by atoms with E-state index in [2.05, 4.69) is 18.7 Å². The van der Waals surface area contributed by atoms with Crippen LogP contribution in [0.5, 0.6) is 0 Å². The van der Waals surface area contributed by atoms with Crippen molar-refractivity contribution in [1.82, 2.24) is 4.90 Å². The molecule has 3 atom stereocenters. The van der Waals surface area contributed by atoms with Gasteiger partial charge in [-0.15, -0.1) is 0 Å². The lowest BCUT2D eigenvalue weighted by atomic mass is 10.0. The lowest BCUT2D eigenvalue weighted by Gasteiger charge is -2.39. The number of hydrogen-bond donors (Lipinski definition) is 1. The van der Waals surface area contributed by atoms with Crippen molar-refractivity contribution in [2.75, 3.05) is 19.7 Å². The van der Waals surface area contributed by atoms with Crippen molar-refractivity contribution in [1.29, 1.82) is 0 Å². The molecule has 1 aliphatic heterocycles. The average molecular weight is 279 g/mol. The van der Waals surface area contributed by atoms with Gasteiger partial charge in [-0.3, -0.25) is 4.90 Å². The number of benzene rings is 1. The molecule has 0 aromatic heterocycles. The molecule has 1 aliphatic rings. The smallest absolute Gasteiger partial charge is 0.159 e. The first-order chi connectivity index (χ1) is 9.74. The normalized spacial score (nSPS) is 26.9. The third-order valence-electron chi connectivity index (χ3n) is 3.89. The van der Waals surface area contributed by atoms with Crippen molar-refractivity contribution in [2.45, 2.75) is 45.3 Å². The first-order valence-electron chi connectivity index (χ1n) is 7.43. The zero-order valence-corrected chi connectivity index (χ0v) is 12.4. The van der Waals surface area contributed by atoms with Crippen LogP contribution in [0.1, 0.15) is 25.8 Å². The molecule has 0 bridgehead atoms. The van der Waals surface area contributed by atoms with Crippen LogP contribution in [0.2, 0.25) is 0 Å². The molecule has 1 fully saturated rings. The highest BCUT2D eigenvalue weighted by Crippen LogP contribution is 2.21. The minimum atomic E-state index is -0.425. The first kappa shape index (κ1) is 15.4. The highest BCUT2D eigenvalue weighted by molar-refractivity contribution is 5.13. The van der Waals surface area contributed by atoms with Crippen LogP contribution in [0.15, 0.2) is 30.3 Å². The summed E-state index contributed by atoms with van der Waals surface area (Å²) in [5, 5.41) is 10.1. The molecule has 0 saturated carbocycles. The predicted octanol–water partition coefficient (Wildman–Crippen LogP) is 2.02. The van der Waals surface area contributed by atoms with Crippen LogP contribution in [-0.4, -0.2) is 48.1 Å².